The molecule has 1 aliphatic carbocycles. The zero-order valence-electron chi connectivity index (χ0n) is 35.5. The van der Waals surface area contributed by atoms with Gasteiger partial charge in [-0.3, -0.25) is 43.8 Å². The number of hydrogen-bond donors (Lipinski definition) is 1. The van der Waals surface area contributed by atoms with Gasteiger partial charge in [0.1, 0.15) is 17.6 Å². The van der Waals surface area contributed by atoms with Crippen LogP contribution in [0.3, 0.4) is 0 Å². The van der Waals surface area contributed by atoms with Crippen LogP contribution in [-0.4, -0.2) is 154 Å². The summed E-state index contributed by atoms with van der Waals surface area (Å²) in [5, 5.41) is 10.9. The number of carbonyl (C=O) groups is 5. The van der Waals surface area contributed by atoms with Crippen molar-refractivity contribution < 1.29 is 37.5 Å². The number of morpholine rings is 1. The minimum absolute atomic E-state index is 0.0128. The highest BCUT2D eigenvalue weighted by Gasteiger charge is 2.46. The molecule has 0 bridgehead atoms. The molecule has 19 heteroatoms. The van der Waals surface area contributed by atoms with Crippen molar-refractivity contribution >= 4 is 46.6 Å². The van der Waals surface area contributed by atoms with E-state index in [9.17, 15) is 32.8 Å². The maximum absolute atomic E-state index is 14.3. The van der Waals surface area contributed by atoms with E-state index >= 15 is 0 Å². The third-order valence-electron chi connectivity index (χ3n) is 13.3. The van der Waals surface area contributed by atoms with Gasteiger partial charge in [0, 0.05) is 76.6 Å². The number of carbonyl (C=O) groups excluding carboxylic acids is 5. The number of amides is 4. The van der Waals surface area contributed by atoms with Crippen LogP contribution in [0.15, 0.2) is 42.9 Å². The highest BCUT2D eigenvalue weighted by molar-refractivity contribution is 6.25. The van der Waals surface area contributed by atoms with Gasteiger partial charge in [-0.05, 0) is 82.8 Å². The molecule has 1 atom stereocenters. The average molecular weight is 870 g/mol. The maximum Gasteiger partial charge on any atom is 0.282 e. The number of piperazine rings is 1. The molecule has 63 heavy (non-hydrogen) atoms. The second-order valence-electron chi connectivity index (χ2n) is 17.4. The molecule has 4 aromatic rings. The molecule has 9 rings (SSSR count). The fourth-order valence-corrected chi connectivity index (χ4v) is 9.90. The summed E-state index contributed by atoms with van der Waals surface area (Å²) in [6.07, 6.45) is 6.56. The number of imide groups is 2. The Balaban J connectivity index is 0.725. The second kappa shape index (κ2) is 18.2. The van der Waals surface area contributed by atoms with Gasteiger partial charge >= 0.3 is 0 Å². The summed E-state index contributed by atoms with van der Waals surface area (Å²) < 4.78 is 37.2. The van der Waals surface area contributed by atoms with E-state index in [-0.39, 0.29) is 47.9 Å². The van der Waals surface area contributed by atoms with Crippen LogP contribution in [0.25, 0.3) is 5.65 Å². The standard InChI is InChI=1S/C44H53F2N11O6/c1-51(13-3-14-52-16-18-53(19-17-52)33-5-2-4-31-38(33)44(62)57(43(31)61)34-10-11-37(59)49-42(34)60)26-28-6-8-30(9-7-28)56-27-29(39(50-56)40(45)46)24-35(58)32-25-47-55-15-12-36(48-41(32)55)54-20-22-63-23-21-54/h2,4-5,12,15,25,27-28,30,34,40H,3,6-11,13-14,16-24,26H2,1H3,(H,49,59,60). The van der Waals surface area contributed by atoms with Crippen LogP contribution in [0.4, 0.5) is 20.3 Å². The first-order valence-electron chi connectivity index (χ1n) is 22.1. The predicted octanol–water partition coefficient (Wildman–Crippen LogP) is 3.40. The Hall–Kier alpha value is -5.66. The first-order chi connectivity index (χ1) is 30.5. The van der Waals surface area contributed by atoms with Crippen molar-refractivity contribution in [3.05, 3.63) is 70.8 Å². The van der Waals surface area contributed by atoms with E-state index in [2.05, 4.69) is 42.2 Å². The van der Waals surface area contributed by atoms with Crippen LogP contribution in [0, 0.1) is 5.92 Å². The summed E-state index contributed by atoms with van der Waals surface area (Å²) in [5.74, 6) is -1.14. The Bertz CT molecular complexity index is 2380. The third kappa shape index (κ3) is 8.82. The maximum atomic E-state index is 14.3. The Kier molecular flexibility index (Phi) is 12.3. The van der Waals surface area contributed by atoms with Gasteiger partial charge in [0.15, 0.2) is 11.4 Å². The summed E-state index contributed by atoms with van der Waals surface area (Å²) in [6.45, 7) is 8.37. The zero-order valence-corrected chi connectivity index (χ0v) is 35.5. The van der Waals surface area contributed by atoms with Gasteiger partial charge in [-0.1, -0.05) is 6.07 Å². The number of alkyl halides is 2. The van der Waals surface area contributed by atoms with Crippen LogP contribution in [0.1, 0.15) is 99.7 Å². The Labute approximate surface area is 363 Å². The molecular formula is C44H53F2N11O6. The topological polar surface area (TPSA) is 171 Å². The van der Waals surface area contributed by atoms with Crippen molar-refractivity contribution in [3.63, 3.8) is 0 Å². The molecule has 5 aliphatic rings. The van der Waals surface area contributed by atoms with Crippen LogP contribution in [0.2, 0.25) is 0 Å². The number of piperidine rings is 1. The highest BCUT2D eigenvalue weighted by atomic mass is 19.3. The number of halogens is 2. The minimum Gasteiger partial charge on any atom is -0.378 e. The monoisotopic (exact) mass is 869 g/mol. The number of anilines is 2. The Morgan fingerprint density at radius 3 is 2.48 bits per heavy atom. The van der Waals surface area contributed by atoms with E-state index < -0.39 is 36.1 Å². The summed E-state index contributed by atoms with van der Waals surface area (Å²) >= 11 is 0. The molecule has 0 radical (unpaired) electrons. The lowest BCUT2D eigenvalue weighted by Gasteiger charge is -2.37. The average Bonchev–Trinajstić information content (AvgIpc) is 3.98. The molecule has 1 unspecified atom stereocenters. The summed E-state index contributed by atoms with van der Waals surface area (Å²) in [5.41, 5.74) is 1.88. The summed E-state index contributed by atoms with van der Waals surface area (Å²) in [4.78, 5) is 79.5. The van der Waals surface area contributed by atoms with Gasteiger partial charge in [0.05, 0.1) is 47.8 Å². The number of Topliss-reactive ketones (excluding diaryl/α,β-unsaturated/α-hetero) is 1. The lowest BCUT2D eigenvalue weighted by molar-refractivity contribution is -0.136. The van der Waals surface area contributed by atoms with Crippen molar-refractivity contribution in [2.24, 2.45) is 5.92 Å². The molecule has 4 fully saturated rings. The van der Waals surface area contributed by atoms with E-state index in [0.29, 0.717) is 73.6 Å². The van der Waals surface area contributed by atoms with Gasteiger partial charge in [-0.2, -0.15) is 10.2 Å². The van der Waals surface area contributed by atoms with Gasteiger partial charge in [0.2, 0.25) is 11.8 Å². The number of rotatable bonds is 14. The third-order valence-corrected chi connectivity index (χ3v) is 13.3. The smallest absolute Gasteiger partial charge is 0.282 e. The van der Waals surface area contributed by atoms with Crippen molar-refractivity contribution in [1.82, 2.24) is 44.4 Å². The molecule has 1 N–H and O–H groups in total. The highest BCUT2D eigenvalue weighted by Crippen LogP contribution is 2.36. The summed E-state index contributed by atoms with van der Waals surface area (Å²) in [6, 6.07) is 6.09. The van der Waals surface area contributed by atoms with Crippen molar-refractivity contribution in [3.8, 4) is 0 Å². The lowest BCUT2D eigenvalue weighted by Crippen LogP contribution is -2.54. The number of nitrogens with zero attached hydrogens (tertiary/aromatic N) is 10. The first kappa shape index (κ1) is 42.6. The molecular weight excluding hydrogens is 817 g/mol. The second-order valence-corrected chi connectivity index (χ2v) is 17.4. The number of aromatic nitrogens is 5. The van der Waals surface area contributed by atoms with Crippen LogP contribution < -0.4 is 15.1 Å². The zero-order chi connectivity index (χ0) is 43.8. The lowest BCUT2D eigenvalue weighted by atomic mass is 9.86. The largest absolute Gasteiger partial charge is 0.378 e. The van der Waals surface area contributed by atoms with Gasteiger partial charge in [0.25, 0.3) is 18.2 Å². The number of nitrogens with one attached hydrogen (secondary N) is 1. The summed E-state index contributed by atoms with van der Waals surface area (Å²) in [7, 11) is 2.14. The molecule has 17 nitrogen and oxygen atoms in total. The van der Waals surface area contributed by atoms with E-state index in [1.54, 1.807) is 29.2 Å². The van der Waals surface area contributed by atoms with Crippen molar-refractivity contribution in [2.75, 3.05) is 89.0 Å². The van der Waals surface area contributed by atoms with E-state index in [1.807, 2.05) is 12.1 Å². The predicted molar refractivity (Wildman–Crippen MR) is 226 cm³/mol. The molecule has 4 amide bonds. The normalized spacial score (nSPS) is 22.5. The quantitative estimate of drug-likeness (QED) is 0.145. The number of fused-ring (bicyclic) bond motifs is 2. The minimum atomic E-state index is -2.81. The fraction of sp³-hybridized carbons (Fsp3) is 0.545. The number of benzene rings is 1. The van der Waals surface area contributed by atoms with E-state index in [4.69, 9.17) is 9.72 Å². The fourth-order valence-electron chi connectivity index (χ4n) is 9.90. The molecule has 4 aliphatic heterocycles. The van der Waals surface area contributed by atoms with Crippen LogP contribution in [-0.2, 0) is 20.7 Å². The molecule has 3 saturated heterocycles. The molecule has 1 aromatic carbocycles. The number of ketones is 1. The molecule has 0 spiro atoms. The number of ether oxygens (including phenoxy) is 1. The van der Waals surface area contributed by atoms with Crippen LogP contribution in [0.5, 0.6) is 0 Å². The van der Waals surface area contributed by atoms with Crippen molar-refractivity contribution in [2.45, 2.75) is 69.9 Å². The first-order valence-corrected chi connectivity index (χ1v) is 22.1. The number of hydrogen-bond acceptors (Lipinski definition) is 13. The molecule has 334 valence electrons. The van der Waals surface area contributed by atoms with E-state index in [0.717, 1.165) is 69.7 Å². The van der Waals surface area contributed by atoms with Gasteiger partial charge in [-0.25, -0.2) is 18.3 Å². The molecule has 3 aromatic heterocycles. The SMILES string of the molecule is CN(CCCN1CCN(c2cccc3c2C(=O)N(C2CCC(=O)NC2=O)C3=O)CC1)CC1CCC(n2cc(CC(=O)c3cnn4ccc(N5CCOCC5)nc34)c(C(F)F)n2)CC1. The van der Waals surface area contributed by atoms with Crippen LogP contribution >= 0.6 is 0 Å². The molecule has 1 saturated carbocycles. The van der Waals surface area contributed by atoms with E-state index in [1.165, 1.54) is 10.7 Å². The molecule has 7 heterocycles. The Morgan fingerprint density at radius 1 is 0.952 bits per heavy atom. The van der Waals surface area contributed by atoms with Gasteiger partial charge in [-0.15, -0.1) is 0 Å². The Morgan fingerprint density at radius 2 is 1.73 bits per heavy atom. The van der Waals surface area contributed by atoms with Crippen molar-refractivity contribution in [1.29, 1.82) is 0 Å². The van der Waals surface area contributed by atoms with Gasteiger partial charge < -0.3 is 19.4 Å².